The first-order valence-electron chi connectivity index (χ1n) is 8.29. The summed E-state index contributed by atoms with van der Waals surface area (Å²) in [5.41, 5.74) is 1.29. The molecule has 0 bridgehead atoms. The highest BCUT2D eigenvalue weighted by Gasteiger charge is 1.99. The number of unbranched alkanes of at least 4 members (excludes halogenated alkanes) is 5. The van der Waals surface area contributed by atoms with Gasteiger partial charge in [0, 0.05) is 5.75 Å². The van der Waals surface area contributed by atoms with Crippen molar-refractivity contribution in [3.8, 4) is 0 Å². The summed E-state index contributed by atoms with van der Waals surface area (Å²) in [6.07, 6.45) is 9.54. The first kappa shape index (κ1) is 18.8. The van der Waals surface area contributed by atoms with Crippen LogP contribution in [0, 0.1) is 0 Å². The van der Waals surface area contributed by atoms with Crippen LogP contribution in [-0.2, 0) is 15.3 Å². The number of esters is 1. The summed E-state index contributed by atoms with van der Waals surface area (Å²) >= 11 is 1.70. The van der Waals surface area contributed by atoms with E-state index in [0.717, 1.165) is 18.6 Å². The third-order valence-electron chi connectivity index (χ3n) is 3.33. The number of thioether (sulfide) groups is 1. The molecule has 1 rings (SSSR count). The number of benzene rings is 1. The lowest BCUT2D eigenvalue weighted by molar-refractivity contribution is -0.142. The number of rotatable bonds is 12. The quantitative estimate of drug-likeness (QED) is 0.363. The molecule has 0 spiro atoms. The number of hydrogen-bond acceptors (Lipinski definition) is 3. The molecule has 0 aliphatic heterocycles. The summed E-state index contributed by atoms with van der Waals surface area (Å²) in [6.45, 7) is 2.78. The van der Waals surface area contributed by atoms with E-state index < -0.39 is 0 Å². The lowest BCUT2D eigenvalue weighted by atomic mass is 10.1. The van der Waals surface area contributed by atoms with Gasteiger partial charge in [0.25, 0.3) is 0 Å². The van der Waals surface area contributed by atoms with Crippen molar-refractivity contribution in [2.45, 2.75) is 57.6 Å². The highest BCUT2D eigenvalue weighted by atomic mass is 32.2. The van der Waals surface area contributed by atoms with Gasteiger partial charge in [-0.05, 0) is 17.4 Å². The number of carbonyl (C=O) groups excluding carboxylic acids is 1. The molecule has 2 nitrogen and oxygen atoms in total. The van der Waals surface area contributed by atoms with Crippen LogP contribution in [-0.4, -0.2) is 12.6 Å². The molecule has 0 fully saturated rings. The van der Waals surface area contributed by atoms with Gasteiger partial charge in [0.15, 0.2) is 0 Å². The van der Waals surface area contributed by atoms with Gasteiger partial charge in [0.1, 0.15) is 0 Å². The molecular weight excluding hydrogens is 292 g/mol. The Hall–Kier alpha value is -1.22. The van der Waals surface area contributed by atoms with Crippen LogP contribution in [0.3, 0.4) is 0 Å². The molecule has 0 amide bonds. The lowest BCUT2D eigenvalue weighted by Gasteiger charge is -2.03. The largest absolute Gasteiger partial charge is 0.465 e. The normalized spacial score (nSPS) is 11.0. The molecule has 0 heterocycles. The van der Waals surface area contributed by atoms with Crippen LogP contribution in [0.15, 0.2) is 41.8 Å². The van der Waals surface area contributed by atoms with Crippen LogP contribution in [0.2, 0.25) is 0 Å². The molecule has 122 valence electrons. The molecule has 0 unspecified atom stereocenters. The molecule has 0 N–H and O–H groups in total. The van der Waals surface area contributed by atoms with Gasteiger partial charge in [-0.15, -0.1) is 11.8 Å². The van der Waals surface area contributed by atoms with Crippen molar-refractivity contribution in [1.82, 2.24) is 0 Å². The van der Waals surface area contributed by atoms with E-state index in [1.165, 1.54) is 31.2 Å². The van der Waals surface area contributed by atoms with Gasteiger partial charge in [-0.1, -0.05) is 75.4 Å². The van der Waals surface area contributed by atoms with E-state index in [1.54, 1.807) is 11.8 Å². The molecule has 0 aromatic heterocycles. The summed E-state index contributed by atoms with van der Waals surface area (Å²) in [4.78, 5) is 11.5. The molecule has 0 saturated heterocycles. The molecule has 0 saturated carbocycles. The predicted molar refractivity (Wildman–Crippen MR) is 95.8 cm³/mol. The molecule has 0 aliphatic rings. The Morgan fingerprint density at radius 1 is 1.09 bits per heavy atom. The minimum absolute atomic E-state index is 0.120. The molecular formula is C19H28O2S. The van der Waals surface area contributed by atoms with Gasteiger partial charge in [-0.2, -0.15) is 0 Å². The zero-order chi connectivity index (χ0) is 15.9. The maximum atomic E-state index is 11.5. The molecule has 0 radical (unpaired) electrons. The SMILES string of the molecule is CCCCCCCCOC(=O)C/C=C\SCc1ccccc1. The van der Waals surface area contributed by atoms with E-state index in [-0.39, 0.29) is 5.97 Å². The van der Waals surface area contributed by atoms with Crippen LogP contribution in [0.1, 0.15) is 57.4 Å². The fourth-order valence-corrected chi connectivity index (χ4v) is 2.77. The van der Waals surface area contributed by atoms with Crippen molar-refractivity contribution >= 4 is 17.7 Å². The van der Waals surface area contributed by atoms with Gasteiger partial charge >= 0.3 is 5.97 Å². The fourth-order valence-electron chi connectivity index (χ4n) is 2.06. The van der Waals surface area contributed by atoms with E-state index in [9.17, 15) is 4.79 Å². The fraction of sp³-hybridized carbons (Fsp3) is 0.526. The van der Waals surface area contributed by atoms with Gasteiger partial charge in [0.05, 0.1) is 13.0 Å². The van der Waals surface area contributed by atoms with Gasteiger partial charge in [0.2, 0.25) is 0 Å². The number of ether oxygens (including phenoxy) is 1. The van der Waals surface area contributed by atoms with Crippen molar-refractivity contribution in [2.24, 2.45) is 0 Å². The highest BCUT2D eigenvalue weighted by molar-refractivity contribution is 8.01. The minimum Gasteiger partial charge on any atom is -0.465 e. The van der Waals surface area contributed by atoms with Crippen molar-refractivity contribution in [1.29, 1.82) is 0 Å². The van der Waals surface area contributed by atoms with Gasteiger partial charge < -0.3 is 4.74 Å². The second-order valence-corrected chi connectivity index (χ2v) is 6.25. The molecule has 0 aliphatic carbocycles. The molecule has 1 aromatic rings. The standard InChI is InChI=1S/C19H28O2S/c1-2-3-4-5-6-10-15-21-19(20)14-11-16-22-17-18-12-8-7-9-13-18/h7-9,11-13,16H,2-6,10,14-15,17H2,1H3/b16-11-. The molecule has 1 aromatic carbocycles. The summed E-state index contributed by atoms with van der Waals surface area (Å²) in [5.74, 6) is 0.814. The van der Waals surface area contributed by atoms with Crippen LogP contribution >= 0.6 is 11.8 Å². The topological polar surface area (TPSA) is 26.3 Å². The molecule has 22 heavy (non-hydrogen) atoms. The zero-order valence-corrected chi connectivity index (χ0v) is 14.4. The van der Waals surface area contributed by atoms with E-state index in [0.29, 0.717) is 13.0 Å². The second kappa shape index (κ2) is 13.4. The van der Waals surface area contributed by atoms with Crippen LogP contribution in [0.25, 0.3) is 0 Å². The Kier molecular flexibility index (Phi) is 11.5. The molecule has 3 heteroatoms. The van der Waals surface area contributed by atoms with Crippen molar-refractivity contribution in [3.05, 3.63) is 47.4 Å². The smallest absolute Gasteiger partial charge is 0.309 e. The summed E-state index contributed by atoms with van der Waals surface area (Å²) < 4.78 is 5.21. The first-order valence-corrected chi connectivity index (χ1v) is 9.34. The zero-order valence-electron chi connectivity index (χ0n) is 13.6. The predicted octanol–water partition coefficient (Wildman–Crippen LogP) is 5.73. The Labute approximate surface area is 139 Å². The first-order chi connectivity index (χ1) is 10.8. The summed E-state index contributed by atoms with van der Waals surface area (Å²) in [5, 5.41) is 1.99. The maximum absolute atomic E-state index is 11.5. The Bertz CT molecular complexity index is 415. The average Bonchev–Trinajstić information content (AvgIpc) is 2.54. The Morgan fingerprint density at radius 3 is 2.59 bits per heavy atom. The van der Waals surface area contributed by atoms with Crippen molar-refractivity contribution in [3.63, 3.8) is 0 Å². The maximum Gasteiger partial charge on any atom is 0.309 e. The van der Waals surface area contributed by atoms with Gasteiger partial charge in [-0.25, -0.2) is 0 Å². The third-order valence-corrected chi connectivity index (χ3v) is 4.22. The van der Waals surface area contributed by atoms with E-state index in [4.69, 9.17) is 4.74 Å². The Morgan fingerprint density at radius 2 is 1.82 bits per heavy atom. The van der Waals surface area contributed by atoms with Crippen LogP contribution in [0.4, 0.5) is 0 Å². The second-order valence-electron chi connectivity index (χ2n) is 5.36. The summed E-state index contributed by atoms with van der Waals surface area (Å²) in [6, 6.07) is 10.3. The Balaban J connectivity index is 1.95. The number of hydrogen-bond donors (Lipinski definition) is 0. The van der Waals surface area contributed by atoms with Gasteiger partial charge in [-0.3, -0.25) is 4.79 Å². The monoisotopic (exact) mass is 320 g/mol. The van der Waals surface area contributed by atoms with Crippen molar-refractivity contribution < 1.29 is 9.53 Å². The van der Waals surface area contributed by atoms with E-state index in [1.807, 2.05) is 29.7 Å². The lowest BCUT2D eigenvalue weighted by Crippen LogP contribution is -2.04. The van der Waals surface area contributed by atoms with Crippen LogP contribution in [0.5, 0.6) is 0 Å². The summed E-state index contributed by atoms with van der Waals surface area (Å²) in [7, 11) is 0. The van der Waals surface area contributed by atoms with Crippen LogP contribution < -0.4 is 0 Å². The average molecular weight is 320 g/mol. The minimum atomic E-state index is -0.120. The van der Waals surface area contributed by atoms with E-state index in [2.05, 4.69) is 19.1 Å². The number of carbonyl (C=O) groups is 1. The third kappa shape index (κ3) is 10.5. The van der Waals surface area contributed by atoms with Crippen molar-refractivity contribution in [2.75, 3.05) is 6.61 Å². The highest BCUT2D eigenvalue weighted by Crippen LogP contribution is 2.13. The van der Waals surface area contributed by atoms with E-state index >= 15 is 0 Å². The molecule has 0 atom stereocenters.